The number of nitrogens with zero attached hydrogens (tertiary/aromatic N) is 4. The summed E-state index contributed by atoms with van der Waals surface area (Å²) in [6, 6.07) is 5.41. The van der Waals surface area contributed by atoms with Crippen LogP contribution in [-0.4, -0.2) is 45.4 Å². The minimum absolute atomic E-state index is 0.0813. The Hall–Kier alpha value is -1.99. The van der Waals surface area contributed by atoms with Crippen molar-refractivity contribution in [2.45, 2.75) is 13.0 Å². The maximum Gasteiger partial charge on any atom is 0.352 e. The maximum atomic E-state index is 11.3. The zero-order chi connectivity index (χ0) is 13.9. The van der Waals surface area contributed by atoms with Gasteiger partial charge in [0.05, 0.1) is 6.20 Å². The second-order valence-electron chi connectivity index (χ2n) is 4.95. The van der Waals surface area contributed by atoms with E-state index < -0.39 is 0 Å². The number of imidazole rings is 1. The van der Waals surface area contributed by atoms with E-state index in [4.69, 9.17) is 0 Å². The first-order valence-electron chi connectivity index (χ1n) is 6.79. The number of nitrogens with one attached hydrogen (secondary N) is 1. The molecule has 0 aromatic carbocycles. The molecule has 2 aromatic rings. The van der Waals surface area contributed by atoms with Crippen molar-refractivity contribution in [1.82, 2.24) is 19.6 Å². The average Bonchev–Trinajstić information content (AvgIpc) is 2.60. The normalized spacial score (nSPS) is 17.2. The number of aromatic nitrogens is 2. The lowest BCUT2D eigenvalue weighted by atomic mass is 10.3. The summed E-state index contributed by atoms with van der Waals surface area (Å²) in [4.78, 5) is 17.6. The predicted octanol–water partition coefficient (Wildman–Crippen LogP) is 1.04. The van der Waals surface area contributed by atoms with Crippen LogP contribution < -0.4 is 5.32 Å². The molecule has 0 bridgehead atoms. The third kappa shape index (κ3) is 2.50. The standard InChI is InChI=1S/C13H17N5O2/c19-18(20)13-11(10-16-7-3-5-14-6-9-16)15-12-4-1-2-8-17(12)13/h1-2,4,8,14H,3,5-7,9-10H2. The van der Waals surface area contributed by atoms with E-state index in [0.717, 1.165) is 32.6 Å². The first kappa shape index (κ1) is 13.0. The van der Waals surface area contributed by atoms with Crippen LogP contribution >= 0.6 is 0 Å². The second-order valence-corrected chi connectivity index (χ2v) is 4.95. The molecule has 0 unspecified atom stereocenters. The van der Waals surface area contributed by atoms with Gasteiger partial charge in [-0.3, -0.25) is 4.90 Å². The monoisotopic (exact) mass is 275 g/mol. The Kier molecular flexibility index (Phi) is 3.62. The molecule has 0 atom stereocenters. The van der Waals surface area contributed by atoms with Crippen molar-refractivity contribution in [2.24, 2.45) is 0 Å². The van der Waals surface area contributed by atoms with Crippen LogP contribution in [0.15, 0.2) is 24.4 Å². The van der Waals surface area contributed by atoms with Crippen molar-refractivity contribution in [3.63, 3.8) is 0 Å². The van der Waals surface area contributed by atoms with Gasteiger partial charge in [0.1, 0.15) is 0 Å². The molecule has 0 aliphatic carbocycles. The third-order valence-electron chi connectivity index (χ3n) is 3.55. The largest absolute Gasteiger partial charge is 0.358 e. The Morgan fingerprint density at radius 1 is 1.35 bits per heavy atom. The van der Waals surface area contributed by atoms with Gasteiger partial charge in [-0.2, -0.15) is 4.40 Å². The van der Waals surface area contributed by atoms with Gasteiger partial charge in [-0.05, 0) is 30.5 Å². The Morgan fingerprint density at radius 3 is 3.10 bits per heavy atom. The molecule has 7 nitrogen and oxygen atoms in total. The number of pyridine rings is 1. The minimum Gasteiger partial charge on any atom is -0.358 e. The van der Waals surface area contributed by atoms with Crippen molar-refractivity contribution in [1.29, 1.82) is 0 Å². The van der Waals surface area contributed by atoms with Crippen LogP contribution in [0.5, 0.6) is 0 Å². The summed E-state index contributed by atoms with van der Waals surface area (Å²) in [5.41, 5.74) is 1.17. The van der Waals surface area contributed by atoms with E-state index in [-0.39, 0.29) is 10.7 Å². The van der Waals surface area contributed by atoms with Crippen LogP contribution in [0.3, 0.4) is 0 Å². The fraction of sp³-hybridized carbons (Fsp3) is 0.462. The molecule has 0 spiro atoms. The van der Waals surface area contributed by atoms with E-state index in [0.29, 0.717) is 17.9 Å². The topological polar surface area (TPSA) is 75.7 Å². The van der Waals surface area contributed by atoms with Crippen molar-refractivity contribution in [2.75, 3.05) is 26.2 Å². The molecule has 7 heteroatoms. The number of hydrogen-bond donors (Lipinski definition) is 1. The van der Waals surface area contributed by atoms with E-state index >= 15 is 0 Å². The van der Waals surface area contributed by atoms with E-state index in [9.17, 15) is 10.1 Å². The van der Waals surface area contributed by atoms with Gasteiger partial charge >= 0.3 is 5.82 Å². The van der Waals surface area contributed by atoms with Crippen LogP contribution in [0, 0.1) is 10.1 Å². The Balaban J connectivity index is 1.93. The minimum atomic E-state index is -0.342. The van der Waals surface area contributed by atoms with E-state index in [1.54, 1.807) is 22.7 Å². The summed E-state index contributed by atoms with van der Waals surface area (Å²) >= 11 is 0. The Morgan fingerprint density at radius 2 is 2.25 bits per heavy atom. The summed E-state index contributed by atoms with van der Waals surface area (Å²) in [5.74, 6) is 0.0813. The summed E-state index contributed by atoms with van der Waals surface area (Å²) in [5, 5.41) is 14.6. The molecule has 0 radical (unpaired) electrons. The second kappa shape index (κ2) is 5.56. The van der Waals surface area contributed by atoms with Gasteiger partial charge < -0.3 is 15.4 Å². The number of fused-ring (bicyclic) bond motifs is 1. The lowest BCUT2D eigenvalue weighted by Crippen LogP contribution is -2.28. The van der Waals surface area contributed by atoms with Crippen LogP contribution in [-0.2, 0) is 6.54 Å². The molecule has 3 rings (SSSR count). The first-order valence-corrected chi connectivity index (χ1v) is 6.79. The fourth-order valence-electron chi connectivity index (χ4n) is 2.60. The highest BCUT2D eigenvalue weighted by Crippen LogP contribution is 2.22. The molecule has 1 aliphatic rings. The maximum absolute atomic E-state index is 11.3. The van der Waals surface area contributed by atoms with Crippen LogP contribution in [0.1, 0.15) is 12.1 Å². The first-order chi connectivity index (χ1) is 9.75. The molecular formula is C13H17N5O2. The summed E-state index contributed by atoms with van der Waals surface area (Å²) < 4.78 is 1.55. The highest BCUT2D eigenvalue weighted by molar-refractivity contribution is 5.48. The number of rotatable bonds is 3. The molecule has 1 fully saturated rings. The van der Waals surface area contributed by atoms with Crippen LogP contribution in [0.25, 0.3) is 5.65 Å². The van der Waals surface area contributed by atoms with Crippen molar-refractivity contribution >= 4 is 11.5 Å². The van der Waals surface area contributed by atoms with Gasteiger partial charge in [0.25, 0.3) is 0 Å². The molecule has 1 N–H and O–H groups in total. The van der Waals surface area contributed by atoms with Crippen molar-refractivity contribution in [3.8, 4) is 0 Å². The van der Waals surface area contributed by atoms with Gasteiger partial charge in [0.2, 0.25) is 5.65 Å². The van der Waals surface area contributed by atoms with Gasteiger partial charge in [-0.25, -0.2) is 4.98 Å². The summed E-state index contributed by atoms with van der Waals surface area (Å²) in [6.07, 6.45) is 2.75. The van der Waals surface area contributed by atoms with Gasteiger partial charge in [0.15, 0.2) is 5.69 Å². The average molecular weight is 275 g/mol. The van der Waals surface area contributed by atoms with Gasteiger partial charge in [-0.15, -0.1) is 0 Å². The molecule has 2 aromatic heterocycles. The Bertz CT molecular complexity index is 616. The summed E-state index contributed by atoms with van der Waals surface area (Å²) in [6.45, 7) is 4.29. The SMILES string of the molecule is O=[N+]([O-])c1c(CN2CCCNCC2)nc2ccccn12. The fourth-order valence-corrected chi connectivity index (χ4v) is 2.60. The van der Waals surface area contributed by atoms with E-state index in [1.165, 1.54) is 0 Å². The van der Waals surface area contributed by atoms with E-state index in [1.807, 2.05) is 6.07 Å². The van der Waals surface area contributed by atoms with Crippen molar-refractivity contribution in [3.05, 3.63) is 40.2 Å². The zero-order valence-electron chi connectivity index (χ0n) is 11.2. The Labute approximate surface area is 116 Å². The van der Waals surface area contributed by atoms with Crippen LogP contribution in [0.4, 0.5) is 5.82 Å². The quantitative estimate of drug-likeness (QED) is 0.669. The van der Waals surface area contributed by atoms with Gasteiger partial charge in [0, 0.05) is 25.7 Å². The molecule has 3 heterocycles. The number of hydrogen-bond acceptors (Lipinski definition) is 5. The smallest absolute Gasteiger partial charge is 0.352 e. The molecule has 0 saturated carbocycles. The zero-order valence-corrected chi connectivity index (χ0v) is 11.2. The predicted molar refractivity (Wildman–Crippen MR) is 74.6 cm³/mol. The summed E-state index contributed by atoms with van der Waals surface area (Å²) in [7, 11) is 0. The molecule has 20 heavy (non-hydrogen) atoms. The highest BCUT2D eigenvalue weighted by Gasteiger charge is 2.24. The third-order valence-corrected chi connectivity index (χ3v) is 3.55. The molecule has 106 valence electrons. The molecule has 1 saturated heterocycles. The van der Waals surface area contributed by atoms with Crippen LogP contribution in [0.2, 0.25) is 0 Å². The molecular weight excluding hydrogens is 258 g/mol. The lowest BCUT2D eigenvalue weighted by molar-refractivity contribution is -0.391. The molecule has 0 amide bonds. The highest BCUT2D eigenvalue weighted by atomic mass is 16.6. The number of nitro groups is 1. The van der Waals surface area contributed by atoms with Gasteiger partial charge in [-0.1, -0.05) is 6.07 Å². The molecule has 1 aliphatic heterocycles. The van der Waals surface area contributed by atoms with E-state index in [2.05, 4.69) is 15.2 Å². The van der Waals surface area contributed by atoms with Crippen molar-refractivity contribution < 1.29 is 4.92 Å². The lowest BCUT2D eigenvalue weighted by Gasteiger charge is -2.17.